The van der Waals surface area contributed by atoms with Gasteiger partial charge in [0.1, 0.15) is 0 Å². The second-order valence-corrected chi connectivity index (χ2v) is 2.64. The number of hydrogen-bond donors (Lipinski definition) is 0. The molecule has 0 radical (unpaired) electrons. The van der Waals surface area contributed by atoms with Gasteiger partial charge >= 0.3 is 5.97 Å². The number of esters is 1. The van der Waals surface area contributed by atoms with Crippen LogP contribution in [0.1, 0.15) is 11.4 Å². The van der Waals surface area contributed by atoms with Crippen molar-refractivity contribution in [3.8, 4) is 0 Å². The Morgan fingerprint density at radius 2 is 2.42 bits per heavy atom. The Labute approximate surface area is 71.2 Å². The molecule has 1 heterocycles. The Morgan fingerprint density at radius 3 is 2.83 bits per heavy atom. The van der Waals surface area contributed by atoms with Crippen LogP contribution in [0.2, 0.25) is 0 Å². The first-order valence-corrected chi connectivity index (χ1v) is 3.68. The summed E-state index contributed by atoms with van der Waals surface area (Å²) < 4.78 is 6.38. The van der Waals surface area contributed by atoms with Crippen LogP contribution in [-0.2, 0) is 23.0 Å². The van der Waals surface area contributed by atoms with Crippen LogP contribution in [0.5, 0.6) is 0 Å². The van der Waals surface area contributed by atoms with E-state index in [4.69, 9.17) is 0 Å². The summed E-state index contributed by atoms with van der Waals surface area (Å²) in [5.41, 5.74) is 1.78. The van der Waals surface area contributed by atoms with Crippen molar-refractivity contribution in [1.82, 2.24) is 9.55 Å². The monoisotopic (exact) mass is 168 g/mol. The molecule has 0 fully saturated rings. The summed E-state index contributed by atoms with van der Waals surface area (Å²) >= 11 is 0. The third-order valence-electron chi connectivity index (χ3n) is 1.81. The highest BCUT2D eigenvalue weighted by molar-refractivity contribution is 5.72. The second kappa shape index (κ2) is 3.38. The molecule has 1 rings (SSSR count). The highest BCUT2D eigenvalue weighted by Crippen LogP contribution is 2.05. The fraction of sp³-hybridized carbons (Fsp3) is 0.500. The Bertz CT molecular complexity index is 272. The number of aromatic nitrogens is 2. The number of ether oxygens (including phenoxy) is 1. The smallest absolute Gasteiger partial charge is 0.311 e. The first-order valence-electron chi connectivity index (χ1n) is 3.68. The predicted octanol–water partition coefficient (Wildman–Crippen LogP) is 0.444. The van der Waals surface area contributed by atoms with Crippen LogP contribution in [0, 0.1) is 6.92 Å². The van der Waals surface area contributed by atoms with E-state index in [-0.39, 0.29) is 5.97 Å². The van der Waals surface area contributed by atoms with Crippen LogP contribution in [-0.4, -0.2) is 22.6 Å². The average Bonchev–Trinajstić information content (AvgIpc) is 2.35. The van der Waals surface area contributed by atoms with Gasteiger partial charge in [-0.25, -0.2) is 4.98 Å². The molecule has 4 heteroatoms. The standard InChI is InChI=1S/C8H12N2O2/c1-6-7(4-8(11)12-3)10(2)5-9-6/h5H,4H2,1-3H3. The molecule has 12 heavy (non-hydrogen) atoms. The molecule has 0 aliphatic heterocycles. The van der Waals surface area contributed by atoms with Crippen LogP contribution in [0.15, 0.2) is 6.33 Å². The summed E-state index contributed by atoms with van der Waals surface area (Å²) in [5.74, 6) is -0.235. The lowest BCUT2D eigenvalue weighted by Gasteiger charge is -2.01. The van der Waals surface area contributed by atoms with Crippen LogP contribution in [0.25, 0.3) is 0 Å². The summed E-state index contributed by atoms with van der Waals surface area (Å²) in [6.45, 7) is 1.87. The quantitative estimate of drug-likeness (QED) is 0.602. The van der Waals surface area contributed by atoms with Crippen molar-refractivity contribution in [2.45, 2.75) is 13.3 Å². The van der Waals surface area contributed by atoms with E-state index in [1.807, 2.05) is 18.5 Å². The Balaban J connectivity index is 2.80. The summed E-state index contributed by atoms with van der Waals surface area (Å²) in [6.07, 6.45) is 1.98. The molecule has 0 aromatic carbocycles. The highest BCUT2D eigenvalue weighted by atomic mass is 16.5. The third-order valence-corrected chi connectivity index (χ3v) is 1.81. The maximum Gasteiger partial charge on any atom is 0.311 e. The predicted molar refractivity (Wildman–Crippen MR) is 43.7 cm³/mol. The lowest BCUT2D eigenvalue weighted by Crippen LogP contribution is -2.08. The zero-order valence-corrected chi connectivity index (χ0v) is 7.50. The van der Waals surface area contributed by atoms with Crippen LogP contribution >= 0.6 is 0 Å². The molecule has 0 aliphatic carbocycles. The van der Waals surface area contributed by atoms with E-state index in [2.05, 4.69) is 9.72 Å². The number of hydrogen-bond acceptors (Lipinski definition) is 3. The van der Waals surface area contributed by atoms with Gasteiger partial charge in [0.25, 0.3) is 0 Å². The van der Waals surface area contributed by atoms with Crippen LogP contribution in [0.3, 0.4) is 0 Å². The van der Waals surface area contributed by atoms with Gasteiger partial charge in [-0.1, -0.05) is 0 Å². The van der Waals surface area contributed by atoms with E-state index in [9.17, 15) is 4.79 Å². The SMILES string of the molecule is COC(=O)Cc1c(C)ncn1C. The number of nitrogens with zero attached hydrogens (tertiary/aromatic N) is 2. The van der Waals surface area contributed by atoms with Crippen molar-refractivity contribution in [3.63, 3.8) is 0 Å². The number of methoxy groups -OCH3 is 1. The maximum atomic E-state index is 10.9. The summed E-state index contributed by atoms with van der Waals surface area (Å²) in [4.78, 5) is 15.0. The molecule has 0 saturated heterocycles. The van der Waals surface area contributed by atoms with Gasteiger partial charge in [0.05, 0.1) is 31.2 Å². The Morgan fingerprint density at radius 1 is 1.75 bits per heavy atom. The molecular weight excluding hydrogens is 156 g/mol. The molecule has 0 spiro atoms. The largest absolute Gasteiger partial charge is 0.469 e. The molecule has 1 aromatic heterocycles. The van der Waals surface area contributed by atoms with E-state index in [1.54, 1.807) is 6.33 Å². The fourth-order valence-electron chi connectivity index (χ4n) is 1.03. The average molecular weight is 168 g/mol. The van der Waals surface area contributed by atoms with Crippen molar-refractivity contribution >= 4 is 5.97 Å². The number of rotatable bonds is 2. The zero-order chi connectivity index (χ0) is 9.14. The van der Waals surface area contributed by atoms with Crippen molar-refractivity contribution in [2.24, 2.45) is 7.05 Å². The summed E-state index contributed by atoms with van der Waals surface area (Å²) in [7, 11) is 3.24. The van der Waals surface area contributed by atoms with Gasteiger partial charge in [-0.3, -0.25) is 4.79 Å². The highest BCUT2D eigenvalue weighted by Gasteiger charge is 2.09. The molecule has 0 amide bonds. The first kappa shape index (κ1) is 8.77. The van der Waals surface area contributed by atoms with Crippen molar-refractivity contribution in [2.75, 3.05) is 7.11 Å². The van der Waals surface area contributed by atoms with Crippen molar-refractivity contribution in [3.05, 3.63) is 17.7 Å². The van der Waals surface area contributed by atoms with Gasteiger partial charge in [0.2, 0.25) is 0 Å². The van der Waals surface area contributed by atoms with E-state index >= 15 is 0 Å². The van der Waals surface area contributed by atoms with Crippen LogP contribution in [0.4, 0.5) is 0 Å². The zero-order valence-electron chi connectivity index (χ0n) is 7.50. The van der Waals surface area contributed by atoms with Gasteiger partial charge in [-0.2, -0.15) is 0 Å². The van der Waals surface area contributed by atoms with Gasteiger partial charge in [-0.05, 0) is 6.92 Å². The van der Waals surface area contributed by atoms with E-state index in [0.717, 1.165) is 11.4 Å². The summed E-state index contributed by atoms with van der Waals surface area (Å²) in [5, 5.41) is 0. The molecule has 0 unspecified atom stereocenters. The van der Waals surface area contributed by atoms with E-state index in [0.29, 0.717) is 6.42 Å². The van der Waals surface area contributed by atoms with Crippen molar-refractivity contribution in [1.29, 1.82) is 0 Å². The normalized spacial score (nSPS) is 9.92. The molecule has 0 atom stereocenters. The molecule has 66 valence electrons. The number of imidazole rings is 1. The third kappa shape index (κ3) is 1.64. The molecule has 0 aliphatic rings. The fourth-order valence-corrected chi connectivity index (χ4v) is 1.03. The van der Waals surface area contributed by atoms with Gasteiger partial charge in [0.15, 0.2) is 0 Å². The van der Waals surface area contributed by atoms with E-state index < -0.39 is 0 Å². The Kier molecular flexibility index (Phi) is 2.47. The first-order chi connectivity index (χ1) is 5.65. The lowest BCUT2D eigenvalue weighted by atomic mass is 10.2. The van der Waals surface area contributed by atoms with Gasteiger partial charge in [-0.15, -0.1) is 0 Å². The van der Waals surface area contributed by atoms with Gasteiger partial charge < -0.3 is 9.30 Å². The topological polar surface area (TPSA) is 44.1 Å². The van der Waals surface area contributed by atoms with Crippen molar-refractivity contribution < 1.29 is 9.53 Å². The molecule has 1 aromatic rings. The number of carbonyl (C=O) groups is 1. The molecule has 0 saturated carbocycles. The minimum absolute atomic E-state index is 0.235. The molecule has 0 N–H and O–H groups in total. The lowest BCUT2D eigenvalue weighted by molar-refractivity contribution is -0.139. The molecule has 4 nitrogen and oxygen atoms in total. The Hall–Kier alpha value is -1.32. The second-order valence-electron chi connectivity index (χ2n) is 2.64. The van der Waals surface area contributed by atoms with E-state index in [1.165, 1.54) is 7.11 Å². The molecular formula is C8H12N2O2. The maximum absolute atomic E-state index is 10.9. The number of carbonyl (C=O) groups excluding carboxylic acids is 1. The molecule has 0 bridgehead atoms. The number of aryl methyl sites for hydroxylation is 2. The van der Waals surface area contributed by atoms with Crippen LogP contribution < -0.4 is 0 Å². The minimum Gasteiger partial charge on any atom is -0.469 e. The van der Waals surface area contributed by atoms with Gasteiger partial charge in [0, 0.05) is 7.05 Å². The minimum atomic E-state index is -0.235. The summed E-state index contributed by atoms with van der Waals surface area (Å²) in [6, 6.07) is 0.